The Morgan fingerprint density at radius 1 is 1.00 bits per heavy atom. The lowest BCUT2D eigenvalue weighted by Gasteiger charge is -2.07. The van der Waals surface area contributed by atoms with E-state index in [0.29, 0.717) is 11.1 Å². The summed E-state index contributed by atoms with van der Waals surface area (Å²) >= 11 is 0. The molecule has 0 heterocycles. The van der Waals surface area contributed by atoms with Gasteiger partial charge in [0, 0.05) is 12.0 Å². The number of hydrogen-bond donors (Lipinski definition) is 0. The van der Waals surface area contributed by atoms with Crippen LogP contribution in [0.1, 0.15) is 16.7 Å². The quantitative estimate of drug-likeness (QED) is 0.739. The molecule has 0 atom stereocenters. The maximum atomic E-state index is 13.7. The number of rotatable bonds is 2. The van der Waals surface area contributed by atoms with Gasteiger partial charge < -0.3 is 0 Å². The second-order valence-corrected chi connectivity index (χ2v) is 3.96. The van der Waals surface area contributed by atoms with Gasteiger partial charge >= 0.3 is 0 Å². The molecule has 0 aliphatic carbocycles. The lowest BCUT2D eigenvalue weighted by Crippen LogP contribution is -1.99. The normalized spacial score (nSPS) is 10.6. The minimum atomic E-state index is -0.600. The maximum absolute atomic E-state index is 13.7. The summed E-state index contributed by atoms with van der Waals surface area (Å²) in [6.45, 7) is 1.57. The fourth-order valence-corrected chi connectivity index (χ4v) is 1.73. The van der Waals surface area contributed by atoms with Gasteiger partial charge in [-0.3, -0.25) is 0 Å². The molecule has 0 aliphatic heterocycles. The van der Waals surface area contributed by atoms with Crippen molar-refractivity contribution in [2.24, 2.45) is 0 Å². The zero-order valence-electron chi connectivity index (χ0n) is 9.31. The largest absolute Gasteiger partial charge is 0.207 e. The van der Waals surface area contributed by atoms with Gasteiger partial charge in [0.05, 0.1) is 0 Å². The SMILES string of the molecule is Cc1ccc(F)c(Cc2cccc(F)c2)c1F. The van der Waals surface area contributed by atoms with E-state index in [9.17, 15) is 13.2 Å². The van der Waals surface area contributed by atoms with E-state index in [1.807, 2.05) is 0 Å². The number of halogens is 3. The minimum absolute atomic E-state index is 0.0180. The molecule has 2 aromatic carbocycles. The summed E-state index contributed by atoms with van der Waals surface area (Å²) in [4.78, 5) is 0. The molecule has 88 valence electrons. The number of hydrogen-bond acceptors (Lipinski definition) is 0. The van der Waals surface area contributed by atoms with Crippen LogP contribution in [0.4, 0.5) is 13.2 Å². The Morgan fingerprint density at radius 3 is 2.47 bits per heavy atom. The predicted molar refractivity (Wildman–Crippen MR) is 60.3 cm³/mol. The molecule has 3 heteroatoms. The van der Waals surface area contributed by atoms with Crippen molar-refractivity contribution < 1.29 is 13.2 Å². The van der Waals surface area contributed by atoms with Gasteiger partial charge in [-0.2, -0.15) is 0 Å². The van der Waals surface area contributed by atoms with Gasteiger partial charge in [-0.25, -0.2) is 13.2 Å². The Labute approximate surface area is 97.7 Å². The van der Waals surface area contributed by atoms with Crippen LogP contribution in [0.2, 0.25) is 0 Å². The molecule has 0 N–H and O–H groups in total. The highest BCUT2D eigenvalue weighted by atomic mass is 19.1. The van der Waals surface area contributed by atoms with Crippen LogP contribution in [0.5, 0.6) is 0 Å². The molecule has 0 saturated heterocycles. The molecule has 0 spiro atoms. The Bertz CT molecular complexity index is 547. The second-order valence-electron chi connectivity index (χ2n) is 3.96. The van der Waals surface area contributed by atoms with Crippen molar-refractivity contribution in [2.75, 3.05) is 0 Å². The predicted octanol–water partition coefficient (Wildman–Crippen LogP) is 4.00. The molecule has 2 aromatic rings. The highest BCUT2D eigenvalue weighted by molar-refractivity contribution is 5.32. The van der Waals surface area contributed by atoms with E-state index in [1.165, 1.54) is 30.3 Å². The van der Waals surface area contributed by atoms with Crippen LogP contribution in [-0.2, 0) is 6.42 Å². The highest BCUT2D eigenvalue weighted by Crippen LogP contribution is 2.20. The lowest BCUT2D eigenvalue weighted by atomic mass is 10.0. The molecular formula is C14H11F3. The molecular weight excluding hydrogens is 225 g/mol. The van der Waals surface area contributed by atoms with Crippen LogP contribution in [0.3, 0.4) is 0 Å². The van der Waals surface area contributed by atoms with Crippen molar-refractivity contribution in [2.45, 2.75) is 13.3 Å². The van der Waals surface area contributed by atoms with E-state index >= 15 is 0 Å². The Morgan fingerprint density at radius 2 is 1.76 bits per heavy atom. The standard InChI is InChI=1S/C14H11F3/c1-9-5-6-13(16)12(14(9)17)8-10-3-2-4-11(15)7-10/h2-7H,8H2,1H3. The molecule has 0 amide bonds. The van der Waals surface area contributed by atoms with Gasteiger partial charge in [-0.05, 0) is 36.2 Å². The third kappa shape index (κ3) is 2.49. The first kappa shape index (κ1) is 11.7. The van der Waals surface area contributed by atoms with Crippen LogP contribution < -0.4 is 0 Å². The van der Waals surface area contributed by atoms with E-state index in [4.69, 9.17) is 0 Å². The molecule has 0 aliphatic rings. The van der Waals surface area contributed by atoms with Gasteiger partial charge in [0.2, 0.25) is 0 Å². The van der Waals surface area contributed by atoms with Crippen LogP contribution in [-0.4, -0.2) is 0 Å². The van der Waals surface area contributed by atoms with Crippen LogP contribution >= 0.6 is 0 Å². The summed E-state index contributed by atoms with van der Waals surface area (Å²) in [5, 5.41) is 0. The maximum Gasteiger partial charge on any atom is 0.132 e. The van der Waals surface area contributed by atoms with Crippen molar-refractivity contribution in [1.82, 2.24) is 0 Å². The molecule has 0 saturated carbocycles. The number of benzene rings is 2. The van der Waals surface area contributed by atoms with Crippen LogP contribution in [0, 0.1) is 24.4 Å². The summed E-state index contributed by atoms with van der Waals surface area (Å²) in [6.07, 6.45) is 0.0527. The minimum Gasteiger partial charge on any atom is -0.207 e. The van der Waals surface area contributed by atoms with E-state index in [0.717, 1.165) is 0 Å². The number of aryl methyl sites for hydroxylation is 1. The molecule has 0 radical (unpaired) electrons. The Hall–Kier alpha value is -1.77. The lowest BCUT2D eigenvalue weighted by molar-refractivity contribution is 0.555. The van der Waals surface area contributed by atoms with Crippen LogP contribution in [0.25, 0.3) is 0 Å². The smallest absolute Gasteiger partial charge is 0.132 e. The first-order valence-electron chi connectivity index (χ1n) is 5.26. The summed E-state index contributed by atoms with van der Waals surface area (Å²) in [7, 11) is 0. The summed E-state index contributed by atoms with van der Waals surface area (Å²) in [5.41, 5.74) is 0.918. The zero-order valence-corrected chi connectivity index (χ0v) is 9.31. The van der Waals surface area contributed by atoms with Gasteiger partial charge in [0.1, 0.15) is 17.5 Å². The van der Waals surface area contributed by atoms with E-state index in [2.05, 4.69) is 0 Å². The Balaban J connectivity index is 2.39. The average Bonchev–Trinajstić information content (AvgIpc) is 2.30. The van der Waals surface area contributed by atoms with Crippen LogP contribution in [0.15, 0.2) is 36.4 Å². The highest BCUT2D eigenvalue weighted by Gasteiger charge is 2.12. The summed E-state index contributed by atoms with van der Waals surface area (Å²) in [6, 6.07) is 8.36. The van der Waals surface area contributed by atoms with E-state index in [-0.39, 0.29) is 12.0 Å². The molecule has 0 aromatic heterocycles. The summed E-state index contributed by atoms with van der Waals surface area (Å²) < 4.78 is 40.2. The topological polar surface area (TPSA) is 0 Å². The van der Waals surface area contributed by atoms with Crippen molar-refractivity contribution in [3.63, 3.8) is 0 Å². The first-order chi connectivity index (χ1) is 8.08. The van der Waals surface area contributed by atoms with Gasteiger partial charge in [0.25, 0.3) is 0 Å². The molecule has 17 heavy (non-hydrogen) atoms. The molecule has 0 bridgehead atoms. The van der Waals surface area contributed by atoms with Gasteiger partial charge in [-0.1, -0.05) is 18.2 Å². The van der Waals surface area contributed by atoms with Gasteiger partial charge in [0.15, 0.2) is 0 Å². The summed E-state index contributed by atoms with van der Waals surface area (Å²) in [5.74, 6) is -1.57. The Kier molecular flexibility index (Phi) is 3.18. The van der Waals surface area contributed by atoms with E-state index < -0.39 is 17.5 Å². The van der Waals surface area contributed by atoms with Crippen molar-refractivity contribution in [3.8, 4) is 0 Å². The van der Waals surface area contributed by atoms with Gasteiger partial charge in [-0.15, -0.1) is 0 Å². The fraction of sp³-hybridized carbons (Fsp3) is 0.143. The third-order valence-corrected chi connectivity index (χ3v) is 2.65. The zero-order chi connectivity index (χ0) is 12.4. The molecule has 0 fully saturated rings. The molecule has 2 rings (SSSR count). The second kappa shape index (κ2) is 4.62. The third-order valence-electron chi connectivity index (χ3n) is 2.65. The fourth-order valence-electron chi connectivity index (χ4n) is 1.73. The average molecular weight is 236 g/mol. The van der Waals surface area contributed by atoms with Crippen molar-refractivity contribution in [3.05, 3.63) is 70.5 Å². The monoisotopic (exact) mass is 236 g/mol. The first-order valence-corrected chi connectivity index (χ1v) is 5.26. The van der Waals surface area contributed by atoms with Crippen molar-refractivity contribution >= 4 is 0 Å². The van der Waals surface area contributed by atoms with E-state index in [1.54, 1.807) is 13.0 Å². The molecule has 0 unspecified atom stereocenters. The van der Waals surface area contributed by atoms with Crippen molar-refractivity contribution in [1.29, 1.82) is 0 Å². The molecule has 0 nitrogen and oxygen atoms in total.